The van der Waals surface area contributed by atoms with E-state index in [1.165, 1.54) is 6.42 Å². The van der Waals surface area contributed by atoms with Crippen LogP contribution in [-0.2, 0) is 19.1 Å². The number of para-hydroxylation sites is 1. The van der Waals surface area contributed by atoms with E-state index in [-0.39, 0.29) is 36.3 Å². The predicted molar refractivity (Wildman–Crippen MR) is 156 cm³/mol. The third kappa shape index (κ3) is 4.20. The fourth-order valence-corrected chi connectivity index (χ4v) is 8.26. The lowest BCUT2D eigenvalue weighted by Gasteiger charge is -2.43. The lowest BCUT2D eigenvalue weighted by molar-refractivity contribution is -0.158. The van der Waals surface area contributed by atoms with Gasteiger partial charge in [0.25, 0.3) is 0 Å². The average molecular weight is 562 g/mol. The monoisotopic (exact) mass is 561 g/mol. The minimum absolute atomic E-state index is 0.0931. The SMILES string of the molecule is CC[C@]12C=CCN(c3ccccc3)C(=O)[C@H]1[C@H]1C(=O)N([C@@H](CO)C(C)C)C3C(=O)N(C4CCCCC4)CC=C[C@@]31O2. The van der Waals surface area contributed by atoms with Crippen LogP contribution in [0.3, 0.4) is 0 Å². The lowest BCUT2D eigenvalue weighted by Crippen LogP contribution is -2.61. The van der Waals surface area contributed by atoms with Gasteiger partial charge < -0.3 is 24.5 Å². The number of anilines is 1. The van der Waals surface area contributed by atoms with E-state index in [0.717, 1.165) is 31.4 Å². The van der Waals surface area contributed by atoms with Crippen LogP contribution in [0.5, 0.6) is 0 Å². The van der Waals surface area contributed by atoms with Gasteiger partial charge >= 0.3 is 0 Å². The Kier molecular flexibility index (Phi) is 7.35. The van der Waals surface area contributed by atoms with E-state index in [4.69, 9.17) is 4.74 Å². The van der Waals surface area contributed by atoms with E-state index < -0.39 is 35.1 Å². The van der Waals surface area contributed by atoms with E-state index in [2.05, 4.69) is 0 Å². The molecular formula is C33H43N3O5. The van der Waals surface area contributed by atoms with Crippen LogP contribution in [0.4, 0.5) is 5.69 Å². The second-order valence-corrected chi connectivity index (χ2v) is 12.7. The number of benzene rings is 1. The Morgan fingerprint density at radius 1 is 0.927 bits per heavy atom. The first-order valence-electron chi connectivity index (χ1n) is 15.4. The fraction of sp³-hybridized carbons (Fsp3) is 0.606. The molecule has 41 heavy (non-hydrogen) atoms. The molecule has 6 rings (SSSR count). The van der Waals surface area contributed by atoms with Crippen molar-refractivity contribution in [3.8, 4) is 0 Å². The summed E-state index contributed by atoms with van der Waals surface area (Å²) in [6.07, 6.45) is 13.5. The highest BCUT2D eigenvalue weighted by molar-refractivity contribution is 6.04. The standard InChI is InChI=1S/C33H43N3O5/c1-4-32-17-11-19-34(23-13-7-5-8-14-23)29(38)26(32)27-30(39)36(25(21-37)22(2)3)28-31(40)35(24-15-9-6-10-16-24)20-12-18-33(27,28)41-32/h5,7-8,11-14,17-18,22,24-28,37H,4,6,9-10,15-16,19-21H2,1-3H3/t25-,26+,27-,28?,32-,33-/m0/s1. The molecule has 8 nitrogen and oxygen atoms in total. The van der Waals surface area contributed by atoms with Crippen LogP contribution in [0, 0.1) is 17.8 Å². The molecule has 4 aliphatic heterocycles. The predicted octanol–water partition coefficient (Wildman–Crippen LogP) is 3.70. The van der Waals surface area contributed by atoms with E-state index >= 15 is 0 Å². The molecule has 5 aliphatic rings. The molecule has 1 aromatic carbocycles. The van der Waals surface area contributed by atoms with Crippen molar-refractivity contribution in [1.82, 2.24) is 9.80 Å². The van der Waals surface area contributed by atoms with Crippen molar-refractivity contribution in [2.75, 3.05) is 24.6 Å². The molecule has 220 valence electrons. The van der Waals surface area contributed by atoms with Gasteiger partial charge in [0.15, 0.2) is 0 Å². The molecule has 1 spiro atoms. The Labute approximate surface area is 243 Å². The van der Waals surface area contributed by atoms with Crippen LogP contribution in [0.25, 0.3) is 0 Å². The summed E-state index contributed by atoms with van der Waals surface area (Å²) in [5, 5.41) is 10.6. The van der Waals surface area contributed by atoms with Gasteiger partial charge in [0, 0.05) is 24.8 Å². The Morgan fingerprint density at radius 2 is 1.63 bits per heavy atom. The number of rotatable bonds is 6. The second-order valence-electron chi connectivity index (χ2n) is 12.7. The van der Waals surface area contributed by atoms with Crippen molar-refractivity contribution in [3.05, 3.63) is 54.6 Å². The molecule has 1 saturated carbocycles. The summed E-state index contributed by atoms with van der Waals surface area (Å²) in [4.78, 5) is 49.3. The van der Waals surface area contributed by atoms with Crippen LogP contribution in [0.15, 0.2) is 54.6 Å². The number of amides is 3. The molecule has 1 unspecified atom stereocenters. The first-order chi connectivity index (χ1) is 19.8. The summed E-state index contributed by atoms with van der Waals surface area (Å²) in [7, 11) is 0. The van der Waals surface area contributed by atoms with Gasteiger partial charge in [-0.15, -0.1) is 0 Å². The number of hydrogen-bond acceptors (Lipinski definition) is 5. The average Bonchev–Trinajstić information content (AvgIpc) is 3.27. The Hall–Kier alpha value is -2.97. The quantitative estimate of drug-likeness (QED) is 0.535. The van der Waals surface area contributed by atoms with Gasteiger partial charge in [-0.3, -0.25) is 14.4 Å². The van der Waals surface area contributed by atoms with Crippen LogP contribution in [0.1, 0.15) is 59.3 Å². The maximum atomic E-state index is 14.7. The minimum atomic E-state index is -1.31. The van der Waals surface area contributed by atoms with E-state index in [1.54, 1.807) is 9.80 Å². The van der Waals surface area contributed by atoms with E-state index in [0.29, 0.717) is 19.5 Å². The number of nitrogens with zero attached hydrogens (tertiary/aromatic N) is 3. The van der Waals surface area contributed by atoms with Gasteiger partial charge in [-0.25, -0.2) is 0 Å². The highest BCUT2D eigenvalue weighted by Gasteiger charge is 2.76. The van der Waals surface area contributed by atoms with E-state index in [1.807, 2.05) is 80.3 Å². The molecule has 8 heteroatoms. The number of hydrogen-bond donors (Lipinski definition) is 1. The zero-order valence-corrected chi connectivity index (χ0v) is 24.4. The van der Waals surface area contributed by atoms with Gasteiger partial charge in [-0.05, 0) is 37.3 Å². The first kappa shape index (κ1) is 28.2. The first-order valence-corrected chi connectivity index (χ1v) is 15.4. The van der Waals surface area contributed by atoms with Crippen molar-refractivity contribution >= 4 is 23.4 Å². The number of fused-ring (bicyclic) bond motifs is 2. The van der Waals surface area contributed by atoms with Crippen LogP contribution >= 0.6 is 0 Å². The number of ether oxygens (including phenoxy) is 1. The summed E-state index contributed by atoms with van der Waals surface area (Å²) in [5.41, 5.74) is -1.57. The lowest BCUT2D eigenvalue weighted by atomic mass is 9.73. The molecule has 4 heterocycles. The molecule has 1 aromatic rings. The molecular weight excluding hydrogens is 518 g/mol. The topological polar surface area (TPSA) is 90.4 Å². The molecule has 2 saturated heterocycles. The molecule has 3 fully saturated rings. The van der Waals surface area contributed by atoms with Gasteiger partial charge in [0.05, 0.1) is 30.1 Å². The van der Waals surface area contributed by atoms with Gasteiger partial charge in [0.1, 0.15) is 11.6 Å². The number of aliphatic hydroxyl groups excluding tert-OH is 1. The van der Waals surface area contributed by atoms with Crippen LogP contribution < -0.4 is 4.90 Å². The second kappa shape index (κ2) is 10.7. The number of carbonyl (C=O) groups excluding carboxylic acids is 3. The van der Waals surface area contributed by atoms with Crippen molar-refractivity contribution in [2.45, 2.75) is 88.6 Å². The van der Waals surface area contributed by atoms with Crippen molar-refractivity contribution < 1.29 is 24.2 Å². The Balaban J connectivity index is 1.50. The van der Waals surface area contributed by atoms with Crippen molar-refractivity contribution in [2.24, 2.45) is 17.8 Å². The van der Waals surface area contributed by atoms with Gasteiger partial charge in [-0.1, -0.05) is 82.5 Å². The Bertz CT molecular complexity index is 1240. The maximum absolute atomic E-state index is 14.7. The van der Waals surface area contributed by atoms with Crippen LogP contribution in [-0.4, -0.2) is 81.7 Å². The van der Waals surface area contributed by atoms with E-state index in [9.17, 15) is 19.5 Å². The number of carbonyl (C=O) groups is 3. The van der Waals surface area contributed by atoms with Gasteiger partial charge in [0.2, 0.25) is 17.7 Å². The molecule has 0 radical (unpaired) electrons. The van der Waals surface area contributed by atoms with Crippen molar-refractivity contribution in [1.29, 1.82) is 0 Å². The summed E-state index contributed by atoms with van der Waals surface area (Å²) in [6.45, 7) is 6.46. The third-order valence-corrected chi connectivity index (χ3v) is 10.3. The Morgan fingerprint density at radius 3 is 2.29 bits per heavy atom. The number of aliphatic hydroxyl groups is 1. The maximum Gasteiger partial charge on any atom is 0.249 e. The van der Waals surface area contributed by atoms with Gasteiger partial charge in [-0.2, -0.15) is 0 Å². The zero-order chi connectivity index (χ0) is 28.9. The molecule has 6 atom stereocenters. The minimum Gasteiger partial charge on any atom is -0.394 e. The largest absolute Gasteiger partial charge is 0.394 e. The summed E-state index contributed by atoms with van der Waals surface area (Å²) in [6, 6.07) is 8.12. The fourth-order valence-electron chi connectivity index (χ4n) is 8.26. The molecule has 1 N–H and O–H groups in total. The smallest absolute Gasteiger partial charge is 0.249 e. The normalized spacial score (nSPS) is 34.5. The van der Waals surface area contributed by atoms with Crippen molar-refractivity contribution in [3.63, 3.8) is 0 Å². The van der Waals surface area contributed by atoms with Crippen LogP contribution in [0.2, 0.25) is 0 Å². The summed E-state index contributed by atoms with van der Waals surface area (Å²) in [5.74, 6) is -2.35. The highest BCUT2D eigenvalue weighted by Crippen LogP contribution is 2.59. The summed E-state index contributed by atoms with van der Waals surface area (Å²) >= 11 is 0. The zero-order valence-electron chi connectivity index (χ0n) is 24.4. The molecule has 1 aliphatic carbocycles. The third-order valence-electron chi connectivity index (χ3n) is 10.3. The molecule has 0 aromatic heterocycles. The summed E-state index contributed by atoms with van der Waals surface area (Å²) < 4.78 is 7.10. The molecule has 3 amide bonds. The molecule has 0 bridgehead atoms. The number of likely N-dealkylation sites (tertiary alicyclic amines) is 1. The highest BCUT2D eigenvalue weighted by atomic mass is 16.5.